The molecule has 0 amide bonds. The Hall–Kier alpha value is -0.540. The lowest BCUT2D eigenvalue weighted by atomic mass is 10.5. The van der Waals surface area contributed by atoms with Crippen molar-refractivity contribution in [3.05, 3.63) is 23.5 Å². The van der Waals surface area contributed by atoms with Crippen LogP contribution in [0.3, 0.4) is 0 Å². The van der Waals surface area contributed by atoms with Crippen LogP contribution in [0.2, 0.25) is 0 Å². The molecule has 0 saturated carbocycles. The van der Waals surface area contributed by atoms with E-state index >= 15 is 0 Å². The first-order valence-electron chi connectivity index (χ1n) is 2.87. The highest BCUT2D eigenvalue weighted by molar-refractivity contribution is 7.15. The fourth-order valence-corrected chi connectivity index (χ4v) is 1.78. The summed E-state index contributed by atoms with van der Waals surface area (Å²) in [5.74, 6) is 0.526. The zero-order chi connectivity index (χ0) is 6.97. The number of imidazole rings is 1. The Bertz CT molecular complexity index is 338. The highest BCUT2D eigenvalue weighted by Gasteiger charge is 2.00. The summed E-state index contributed by atoms with van der Waals surface area (Å²) in [6.07, 6.45) is 3.78. The minimum absolute atomic E-state index is 0.526. The van der Waals surface area contributed by atoms with Crippen LogP contribution in [0.25, 0.3) is 4.96 Å². The van der Waals surface area contributed by atoms with Gasteiger partial charge in [-0.25, -0.2) is 4.98 Å². The predicted molar refractivity (Wildman–Crippen MR) is 42.6 cm³/mol. The molecule has 0 N–H and O–H groups in total. The average Bonchev–Trinajstić information content (AvgIpc) is 2.44. The summed E-state index contributed by atoms with van der Waals surface area (Å²) in [4.78, 5) is 5.16. The Labute approximate surface area is 67.1 Å². The maximum atomic E-state index is 5.65. The Morgan fingerprint density at radius 2 is 2.60 bits per heavy atom. The van der Waals surface area contributed by atoms with Crippen LogP contribution in [0.4, 0.5) is 0 Å². The van der Waals surface area contributed by atoms with Crippen molar-refractivity contribution in [3.8, 4) is 0 Å². The number of thiazole rings is 1. The summed E-state index contributed by atoms with van der Waals surface area (Å²) in [5.41, 5.74) is 1.05. The molecule has 0 saturated heterocycles. The zero-order valence-corrected chi connectivity index (χ0v) is 6.69. The second kappa shape index (κ2) is 2.25. The van der Waals surface area contributed by atoms with E-state index in [1.807, 2.05) is 16.0 Å². The SMILES string of the molecule is ClCc1cnc2sccn12. The molecule has 52 valence electrons. The van der Waals surface area contributed by atoms with E-state index in [9.17, 15) is 0 Å². The molecule has 10 heavy (non-hydrogen) atoms. The van der Waals surface area contributed by atoms with Gasteiger partial charge in [-0.15, -0.1) is 22.9 Å². The molecule has 0 atom stereocenters. The predicted octanol–water partition coefficient (Wildman–Crippen LogP) is 2.13. The van der Waals surface area contributed by atoms with Crippen LogP contribution in [0.15, 0.2) is 17.8 Å². The molecular weight excluding hydrogens is 168 g/mol. The normalized spacial score (nSPS) is 10.9. The van der Waals surface area contributed by atoms with Crippen LogP contribution in [-0.2, 0) is 5.88 Å². The minimum Gasteiger partial charge on any atom is -0.293 e. The van der Waals surface area contributed by atoms with Gasteiger partial charge in [0.1, 0.15) is 0 Å². The van der Waals surface area contributed by atoms with E-state index in [1.165, 1.54) is 0 Å². The van der Waals surface area contributed by atoms with Crippen LogP contribution >= 0.6 is 22.9 Å². The molecule has 0 aliphatic carbocycles. The first kappa shape index (κ1) is 6.19. The van der Waals surface area contributed by atoms with Gasteiger partial charge in [0.15, 0.2) is 4.96 Å². The third-order valence-electron chi connectivity index (χ3n) is 1.36. The van der Waals surface area contributed by atoms with E-state index in [1.54, 1.807) is 17.5 Å². The summed E-state index contributed by atoms with van der Waals surface area (Å²) in [5, 5.41) is 2.00. The van der Waals surface area contributed by atoms with Crippen molar-refractivity contribution in [1.82, 2.24) is 9.38 Å². The molecular formula is C6H5ClN2S. The van der Waals surface area contributed by atoms with E-state index in [4.69, 9.17) is 11.6 Å². The maximum Gasteiger partial charge on any atom is 0.193 e. The summed E-state index contributed by atoms with van der Waals surface area (Å²) in [7, 11) is 0. The number of halogens is 1. The van der Waals surface area contributed by atoms with Gasteiger partial charge in [-0.3, -0.25) is 4.40 Å². The molecule has 0 aliphatic heterocycles. The Morgan fingerprint density at radius 1 is 1.70 bits per heavy atom. The highest BCUT2D eigenvalue weighted by Crippen LogP contribution is 2.13. The monoisotopic (exact) mass is 172 g/mol. The molecule has 0 aromatic carbocycles. The van der Waals surface area contributed by atoms with Crippen LogP contribution in [-0.4, -0.2) is 9.38 Å². The number of alkyl halides is 1. The van der Waals surface area contributed by atoms with Gasteiger partial charge in [-0.2, -0.15) is 0 Å². The molecule has 2 heterocycles. The molecule has 0 radical (unpaired) electrons. The lowest BCUT2D eigenvalue weighted by Crippen LogP contribution is -1.82. The fraction of sp³-hybridized carbons (Fsp3) is 0.167. The molecule has 2 aromatic heterocycles. The summed E-state index contributed by atoms with van der Waals surface area (Å²) in [6, 6.07) is 0. The van der Waals surface area contributed by atoms with Gasteiger partial charge >= 0.3 is 0 Å². The van der Waals surface area contributed by atoms with Crippen LogP contribution < -0.4 is 0 Å². The largest absolute Gasteiger partial charge is 0.293 e. The summed E-state index contributed by atoms with van der Waals surface area (Å²) in [6.45, 7) is 0. The quantitative estimate of drug-likeness (QED) is 0.603. The number of aromatic nitrogens is 2. The second-order valence-corrected chi connectivity index (χ2v) is 3.08. The van der Waals surface area contributed by atoms with Crippen molar-refractivity contribution in [1.29, 1.82) is 0 Å². The van der Waals surface area contributed by atoms with Crippen molar-refractivity contribution < 1.29 is 0 Å². The van der Waals surface area contributed by atoms with Crippen molar-refractivity contribution in [2.75, 3.05) is 0 Å². The van der Waals surface area contributed by atoms with Gasteiger partial charge in [0.25, 0.3) is 0 Å². The van der Waals surface area contributed by atoms with Crippen LogP contribution in [0, 0.1) is 0 Å². The lowest BCUT2D eigenvalue weighted by Gasteiger charge is -1.86. The Balaban J connectivity index is 2.76. The standard InChI is InChI=1S/C6H5ClN2S/c7-3-5-4-8-6-9(5)1-2-10-6/h1-2,4H,3H2. The molecule has 0 spiro atoms. The topological polar surface area (TPSA) is 17.3 Å². The molecule has 0 unspecified atom stereocenters. The van der Waals surface area contributed by atoms with Gasteiger partial charge in [-0.1, -0.05) is 0 Å². The first-order chi connectivity index (χ1) is 4.92. The van der Waals surface area contributed by atoms with E-state index < -0.39 is 0 Å². The summed E-state index contributed by atoms with van der Waals surface area (Å²) >= 11 is 7.26. The average molecular weight is 173 g/mol. The van der Waals surface area contributed by atoms with Crippen molar-refractivity contribution in [2.45, 2.75) is 5.88 Å². The molecule has 2 rings (SSSR count). The maximum absolute atomic E-state index is 5.65. The Morgan fingerprint density at radius 3 is 3.40 bits per heavy atom. The molecule has 4 heteroatoms. The third kappa shape index (κ3) is 0.744. The van der Waals surface area contributed by atoms with Gasteiger partial charge in [0, 0.05) is 11.6 Å². The van der Waals surface area contributed by atoms with Crippen molar-refractivity contribution in [3.63, 3.8) is 0 Å². The van der Waals surface area contributed by atoms with Crippen molar-refractivity contribution >= 4 is 27.9 Å². The van der Waals surface area contributed by atoms with Gasteiger partial charge in [0.2, 0.25) is 0 Å². The number of hydrogen-bond donors (Lipinski definition) is 0. The fourth-order valence-electron chi connectivity index (χ4n) is 0.875. The lowest BCUT2D eigenvalue weighted by molar-refractivity contribution is 1.11. The zero-order valence-electron chi connectivity index (χ0n) is 5.12. The van der Waals surface area contributed by atoms with E-state index in [2.05, 4.69) is 4.98 Å². The van der Waals surface area contributed by atoms with E-state index in [0.717, 1.165) is 10.7 Å². The van der Waals surface area contributed by atoms with Gasteiger partial charge in [0.05, 0.1) is 17.8 Å². The number of nitrogens with zero attached hydrogens (tertiary/aromatic N) is 2. The van der Waals surface area contributed by atoms with Crippen LogP contribution in [0.5, 0.6) is 0 Å². The molecule has 0 aliphatic rings. The third-order valence-corrected chi connectivity index (χ3v) is 2.40. The smallest absolute Gasteiger partial charge is 0.193 e. The number of fused-ring (bicyclic) bond motifs is 1. The van der Waals surface area contributed by atoms with E-state index in [0.29, 0.717) is 5.88 Å². The molecule has 0 fully saturated rings. The number of hydrogen-bond acceptors (Lipinski definition) is 2. The van der Waals surface area contributed by atoms with E-state index in [-0.39, 0.29) is 0 Å². The second-order valence-electron chi connectivity index (χ2n) is 1.94. The van der Waals surface area contributed by atoms with Gasteiger partial charge < -0.3 is 0 Å². The molecule has 0 bridgehead atoms. The highest BCUT2D eigenvalue weighted by atomic mass is 35.5. The first-order valence-corrected chi connectivity index (χ1v) is 4.28. The summed E-state index contributed by atoms with van der Waals surface area (Å²) < 4.78 is 2.00. The minimum atomic E-state index is 0.526. The molecule has 2 nitrogen and oxygen atoms in total. The Kier molecular flexibility index (Phi) is 1.39. The van der Waals surface area contributed by atoms with Gasteiger partial charge in [-0.05, 0) is 0 Å². The number of rotatable bonds is 1. The van der Waals surface area contributed by atoms with Crippen LogP contribution in [0.1, 0.15) is 5.69 Å². The van der Waals surface area contributed by atoms with Crippen molar-refractivity contribution in [2.24, 2.45) is 0 Å². The molecule has 2 aromatic rings.